The van der Waals surface area contributed by atoms with Crippen LogP contribution in [0.15, 0.2) is 0 Å². The van der Waals surface area contributed by atoms with Crippen LogP contribution in [0.25, 0.3) is 0 Å². The molecule has 4 atom stereocenters. The van der Waals surface area contributed by atoms with Crippen LogP contribution in [0.4, 0.5) is 0 Å². The normalized spacial score (nSPS) is 17.5. The number of hydrogen-bond donors (Lipinski definition) is 0. The topological polar surface area (TPSA) is 80.3 Å². The molecule has 4 nitrogen and oxygen atoms in total. The summed E-state index contributed by atoms with van der Waals surface area (Å²) in [6.07, 6.45) is 19.3. The largest absolute Gasteiger partial charge is 2.00 e. The molecule has 0 aliphatic rings. The number of rotatable bonds is 24. The third kappa shape index (κ3) is 26.3. The van der Waals surface area contributed by atoms with Crippen molar-refractivity contribution >= 4 is 14.7 Å². The Hall–Kier alpha value is 0.886. The van der Waals surface area contributed by atoms with Crippen LogP contribution >= 0.6 is 14.7 Å². The standard InChI is InChI=1S/2C16H35O2P.Co/c2*1-5-9-11-15(7-3)13-19(17,18)14-16(8-4)12-10-6-2;/h2*15-16H,5-14H2,1-4H3,(H,17,18);/q;;+2/p-2. The van der Waals surface area contributed by atoms with Gasteiger partial charge in [0.05, 0.1) is 0 Å². The maximum absolute atomic E-state index is 12.3. The Bertz CT molecular complexity index is 521. The van der Waals surface area contributed by atoms with Gasteiger partial charge in [-0.1, -0.05) is 158 Å². The van der Waals surface area contributed by atoms with Crippen LogP contribution in [0.5, 0.6) is 0 Å². The molecule has 0 bridgehead atoms. The Morgan fingerprint density at radius 3 is 0.744 bits per heavy atom. The van der Waals surface area contributed by atoms with Gasteiger partial charge >= 0.3 is 16.8 Å². The van der Waals surface area contributed by atoms with Gasteiger partial charge in [-0.3, -0.25) is 0 Å². The predicted molar refractivity (Wildman–Crippen MR) is 168 cm³/mol. The summed E-state index contributed by atoms with van der Waals surface area (Å²) in [5.41, 5.74) is 0. The van der Waals surface area contributed by atoms with E-state index in [1.165, 1.54) is 0 Å². The van der Waals surface area contributed by atoms with Crippen molar-refractivity contribution in [3.63, 3.8) is 0 Å². The smallest absolute Gasteiger partial charge is 0.799 e. The van der Waals surface area contributed by atoms with E-state index in [-0.39, 0.29) is 16.8 Å². The van der Waals surface area contributed by atoms with Gasteiger partial charge in [0.2, 0.25) is 0 Å². The quantitative estimate of drug-likeness (QED) is 0.0987. The van der Waals surface area contributed by atoms with Gasteiger partial charge in [0, 0.05) is 14.7 Å². The van der Waals surface area contributed by atoms with Crippen LogP contribution in [0.2, 0.25) is 0 Å². The first-order valence-corrected chi connectivity index (χ1v) is 20.5. The summed E-state index contributed by atoms with van der Waals surface area (Å²) in [5.74, 6) is 1.53. The molecule has 7 heteroatoms. The molecule has 39 heavy (non-hydrogen) atoms. The molecule has 0 aromatic heterocycles. The van der Waals surface area contributed by atoms with Crippen LogP contribution in [0.1, 0.15) is 158 Å². The molecule has 0 saturated heterocycles. The molecule has 0 rings (SSSR count). The predicted octanol–water partition coefficient (Wildman–Crippen LogP) is 10.1. The third-order valence-corrected chi connectivity index (χ3v) is 12.6. The maximum atomic E-state index is 12.3. The van der Waals surface area contributed by atoms with Crippen LogP contribution < -0.4 is 9.79 Å². The molecule has 0 N–H and O–H groups in total. The number of hydrogen-bond acceptors (Lipinski definition) is 4. The van der Waals surface area contributed by atoms with E-state index in [9.17, 15) is 18.9 Å². The zero-order chi connectivity index (χ0) is 29.5. The Morgan fingerprint density at radius 2 is 0.615 bits per heavy atom. The zero-order valence-electron chi connectivity index (χ0n) is 27.3. The van der Waals surface area contributed by atoms with Gasteiger partial charge in [-0.25, -0.2) is 0 Å². The fourth-order valence-electron chi connectivity index (χ4n) is 5.39. The molecule has 0 amide bonds. The molecule has 0 saturated carbocycles. The average molecular weight is 638 g/mol. The molecular formula is C32H68CoO4P2. The monoisotopic (exact) mass is 637 g/mol. The van der Waals surface area contributed by atoms with Crippen molar-refractivity contribution in [3.05, 3.63) is 0 Å². The Morgan fingerprint density at radius 1 is 0.436 bits per heavy atom. The van der Waals surface area contributed by atoms with Gasteiger partial charge in [-0.15, -0.1) is 0 Å². The fraction of sp³-hybridized carbons (Fsp3) is 1.00. The summed E-state index contributed by atoms with van der Waals surface area (Å²) < 4.78 is 24.6. The second kappa shape index (κ2) is 27.7. The van der Waals surface area contributed by atoms with Gasteiger partial charge in [0.1, 0.15) is 0 Å². The van der Waals surface area contributed by atoms with Crippen LogP contribution in [-0.4, -0.2) is 24.6 Å². The molecule has 0 aromatic carbocycles. The van der Waals surface area contributed by atoms with Crippen molar-refractivity contribution in [3.8, 4) is 0 Å². The van der Waals surface area contributed by atoms with Gasteiger partial charge in [0.15, 0.2) is 0 Å². The van der Waals surface area contributed by atoms with E-state index < -0.39 is 14.7 Å². The summed E-state index contributed by atoms with van der Waals surface area (Å²) in [5, 5.41) is 0. The van der Waals surface area contributed by atoms with Crippen molar-refractivity contribution in [1.82, 2.24) is 0 Å². The zero-order valence-corrected chi connectivity index (χ0v) is 30.1. The minimum Gasteiger partial charge on any atom is -0.799 e. The first kappa shape index (κ1) is 44.3. The molecule has 0 fully saturated rings. The summed E-state index contributed by atoms with van der Waals surface area (Å²) >= 11 is 0. The molecule has 4 unspecified atom stereocenters. The minimum atomic E-state index is -3.17. The van der Waals surface area contributed by atoms with Crippen LogP contribution in [0, 0.1) is 23.7 Å². The van der Waals surface area contributed by atoms with E-state index in [0.717, 1.165) is 103 Å². The van der Waals surface area contributed by atoms with E-state index in [1.807, 2.05) is 0 Å². The molecule has 0 heterocycles. The second-order valence-electron chi connectivity index (χ2n) is 12.0. The van der Waals surface area contributed by atoms with Crippen LogP contribution in [-0.2, 0) is 25.9 Å². The van der Waals surface area contributed by atoms with E-state index in [0.29, 0.717) is 48.3 Å². The second-order valence-corrected chi connectivity index (χ2v) is 16.7. The summed E-state index contributed by atoms with van der Waals surface area (Å²) in [7, 11) is -6.34. The van der Waals surface area contributed by atoms with E-state index >= 15 is 0 Å². The average Bonchev–Trinajstić information content (AvgIpc) is 2.89. The molecular weight excluding hydrogens is 569 g/mol. The molecule has 0 aliphatic carbocycles. The number of unbranched alkanes of at least 4 members (excludes halogenated alkanes) is 4. The summed E-state index contributed by atoms with van der Waals surface area (Å²) in [6, 6.07) is 0. The molecule has 0 aliphatic heterocycles. The van der Waals surface area contributed by atoms with Crippen molar-refractivity contribution in [2.24, 2.45) is 23.7 Å². The van der Waals surface area contributed by atoms with Gasteiger partial charge in [-0.05, 0) is 48.3 Å². The van der Waals surface area contributed by atoms with Crippen molar-refractivity contribution in [1.29, 1.82) is 0 Å². The summed E-state index contributed by atoms with van der Waals surface area (Å²) in [6.45, 7) is 17.2. The van der Waals surface area contributed by atoms with Crippen LogP contribution in [0.3, 0.4) is 0 Å². The first-order chi connectivity index (χ1) is 18.0. The molecule has 239 valence electrons. The van der Waals surface area contributed by atoms with Crippen molar-refractivity contribution in [2.75, 3.05) is 24.6 Å². The van der Waals surface area contributed by atoms with Crippen molar-refractivity contribution in [2.45, 2.75) is 158 Å². The Labute approximate surface area is 256 Å². The van der Waals surface area contributed by atoms with E-state index in [2.05, 4.69) is 55.4 Å². The van der Waals surface area contributed by atoms with Gasteiger partial charge in [-0.2, -0.15) is 0 Å². The fourth-order valence-corrected chi connectivity index (χ4v) is 10.6. The maximum Gasteiger partial charge on any atom is 2.00 e. The summed E-state index contributed by atoms with van der Waals surface area (Å²) in [4.78, 5) is 24.6. The van der Waals surface area contributed by atoms with E-state index in [4.69, 9.17) is 0 Å². The SMILES string of the molecule is CCCCC(CC)CP(=O)([O-])CC(CC)CCCC.CCCCC(CC)CP(=O)([O-])CC(CC)CCCC.[Co+2]. The minimum absolute atomic E-state index is 0. The Kier molecular flexibility index (Phi) is 31.5. The van der Waals surface area contributed by atoms with Crippen molar-refractivity contribution < 1.29 is 35.7 Å². The third-order valence-electron chi connectivity index (χ3n) is 8.32. The first-order valence-electron chi connectivity index (χ1n) is 16.6. The van der Waals surface area contributed by atoms with E-state index in [1.54, 1.807) is 0 Å². The molecule has 1 radical (unpaired) electrons. The Balaban J connectivity index is -0.000000648. The van der Waals surface area contributed by atoms with Gasteiger partial charge < -0.3 is 18.9 Å². The molecule has 0 spiro atoms. The van der Waals surface area contributed by atoms with Gasteiger partial charge in [0.25, 0.3) is 0 Å². The molecule has 0 aromatic rings.